The Labute approximate surface area is 154 Å². The molecular formula is C23H23NO2. The van der Waals surface area contributed by atoms with Crippen LogP contribution in [-0.4, -0.2) is 13.0 Å². The van der Waals surface area contributed by atoms with Crippen LogP contribution < -0.4 is 10.1 Å². The third kappa shape index (κ3) is 4.31. The second-order valence-electron chi connectivity index (χ2n) is 6.30. The Hall–Kier alpha value is -3.07. The first-order chi connectivity index (χ1) is 12.7. The first-order valence-electron chi connectivity index (χ1n) is 8.70. The van der Waals surface area contributed by atoms with E-state index in [1.165, 1.54) is 0 Å². The first kappa shape index (κ1) is 17.7. The van der Waals surface area contributed by atoms with Crippen LogP contribution in [0.3, 0.4) is 0 Å². The van der Waals surface area contributed by atoms with Gasteiger partial charge in [-0.15, -0.1) is 0 Å². The lowest BCUT2D eigenvalue weighted by atomic mass is 9.98. The summed E-state index contributed by atoms with van der Waals surface area (Å²) in [5.74, 6) is 0.827. The van der Waals surface area contributed by atoms with Crippen LogP contribution in [0.15, 0.2) is 78.9 Å². The number of amides is 1. The van der Waals surface area contributed by atoms with Crippen molar-refractivity contribution in [2.45, 2.75) is 19.4 Å². The van der Waals surface area contributed by atoms with Crippen LogP contribution in [-0.2, 0) is 11.2 Å². The summed E-state index contributed by atoms with van der Waals surface area (Å²) >= 11 is 0. The quantitative estimate of drug-likeness (QED) is 0.717. The van der Waals surface area contributed by atoms with Crippen LogP contribution in [0.5, 0.6) is 5.75 Å². The second-order valence-corrected chi connectivity index (χ2v) is 6.30. The van der Waals surface area contributed by atoms with Crippen molar-refractivity contribution in [2.24, 2.45) is 0 Å². The van der Waals surface area contributed by atoms with Crippen LogP contribution in [0.4, 0.5) is 0 Å². The molecule has 0 aliphatic carbocycles. The summed E-state index contributed by atoms with van der Waals surface area (Å²) in [4.78, 5) is 12.7. The van der Waals surface area contributed by atoms with Gasteiger partial charge in [0.15, 0.2) is 0 Å². The van der Waals surface area contributed by atoms with Crippen LogP contribution in [0.1, 0.15) is 28.3 Å². The molecule has 0 aliphatic rings. The Morgan fingerprint density at radius 2 is 1.50 bits per heavy atom. The zero-order valence-corrected chi connectivity index (χ0v) is 15.1. The van der Waals surface area contributed by atoms with Gasteiger partial charge in [0.05, 0.1) is 19.6 Å². The van der Waals surface area contributed by atoms with Crippen molar-refractivity contribution in [1.29, 1.82) is 0 Å². The number of ether oxygens (including phenoxy) is 1. The van der Waals surface area contributed by atoms with Crippen molar-refractivity contribution in [3.8, 4) is 5.75 Å². The smallest absolute Gasteiger partial charge is 0.225 e. The third-order valence-corrected chi connectivity index (χ3v) is 4.40. The number of carbonyl (C=O) groups is 1. The van der Waals surface area contributed by atoms with Gasteiger partial charge in [-0.05, 0) is 35.2 Å². The van der Waals surface area contributed by atoms with Gasteiger partial charge < -0.3 is 10.1 Å². The Morgan fingerprint density at radius 3 is 2.00 bits per heavy atom. The Bertz CT molecular complexity index is 820. The van der Waals surface area contributed by atoms with Gasteiger partial charge in [-0.1, -0.05) is 72.8 Å². The number of benzene rings is 3. The van der Waals surface area contributed by atoms with Crippen molar-refractivity contribution >= 4 is 5.91 Å². The van der Waals surface area contributed by atoms with Crippen molar-refractivity contribution in [3.05, 3.63) is 101 Å². The van der Waals surface area contributed by atoms with Crippen LogP contribution >= 0.6 is 0 Å². The summed E-state index contributed by atoms with van der Waals surface area (Å²) in [5.41, 5.74) is 4.14. The molecule has 0 aliphatic heterocycles. The summed E-state index contributed by atoms with van der Waals surface area (Å²) in [6, 6.07) is 25.7. The van der Waals surface area contributed by atoms with E-state index >= 15 is 0 Å². The number of hydrogen-bond acceptors (Lipinski definition) is 2. The van der Waals surface area contributed by atoms with Crippen LogP contribution in [0, 0.1) is 6.92 Å². The van der Waals surface area contributed by atoms with E-state index in [0.717, 1.165) is 28.0 Å². The van der Waals surface area contributed by atoms with E-state index < -0.39 is 0 Å². The summed E-state index contributed by atoms with van der Waals surface area (Å²) < 4.78 is 5.28. The van der Waals surface area contributed by atoms with Gasteiger partial charge in [0, 0.05) is 0 Å². The Balaban J connectivity index is 1.79. The van der Waals surface area contributed by atoms with Crippen LogP contribution in [0.25, 0.3) is 0 Å². The predicted molar refractivity (Wildman–Crippen MR) is 104 cm³/mol. The average Bonchev–Trinajstić information content (AvgIpc) is 2.68. The fourth-order valence-electron chi connectivity index (χ4n) is 3.10. The molecule has 0 aromatic heterocycles. The maximum absolute atomic E-state index is 12.7. The topological polar surface area (TPSA) is 38.3 Å². The minimum atomic E-state index is -0.163. The number of methoxy groups -OCH3 is 1. The number of rotatable bonds is 6. The van der Waals surface area contributed by atoms with Gasteiger partial charge in [0.1, 0.15) is 5.75 Å². The zero-order valence-electron chi connectivity index (χ0n) is 15.1. The monoisotopic (exact) mass is 345 g/mol. The fraction of sp³-hybridized carbons (Fsp3) is 0.174. The summed E-state index contributed by atoms with van der Waals surface area (Å²) in [6.45, 7) is 1.98. The minimum Gasteiger partial charge on any atom is -0.496 e. The lowest BCUT2D eigenvalue weighted by Gasteiger charge is -2.20. The van der Waals surface area contributed by atoms with Gasteiger partial charge in [0.2, 0.25) is 5.91 Å². The molecule has 0 unspecified atom stereocenters. The van der Waals surface area contributed by atoms with Crippen molar-refractivity contribution in [3.63, 3.8) is 0 Å². The Kier molecular flexibility index (Phi) is 5.69. The first-order valence-corrected chi connectivity index (χ1v) is 8.70. The van der Waals surface area contributed by atoms with E-state index in [9.17, 15) is 4.79 Å². The molecule has 1 N–H and O–H groups in total. The third-order valence-electron chi connectivity index (χ3n) is 4.40. The van der Waals surface area contributed by atoms with E-state index in [4.69, 9.17) is 4.74 Å². The minimum absolute atomic E-state index is 0.00715. The molecule has 3 heteroatoms. The molecule has 0 spiro atoms. The normalized spacial score (nSPS) is 10.6. The van der Waals surface area contributed by atoms with E-state index in [2.05, 4.69) is 5.32 Å². The van der Waals surface area contributed by atoms with Crippen molar-refractivity contribution in [2.75, 3.05) is 7.11 Å². The van der Waals surface area contributed by atoms with E-state index in [0.29, 0.717) is 6.42 Å². The standard InChI is InChI=1S/C23H23NO2/c1-17-15-18(13-14-21(17)26-2)16-22(25)24-23(19-9-5-3-6-10-19)20-11-7-4-8-12-20/h3-15,23H,16H2,1-2H3,(H,24,25). The highest BCUT2D eigenvalue weighted by Gasteiger charge is 2.17. The van der Waals surface area contributed by atoms with Gasteiger partial charge in [-0.25, -0.2) is 0 Å². The number of carbonyl (C=O) groups excluding carboxylic acids is 1. The molecule has 0 fully saturated rings. The molecule has 3 aromatic carbocycles. The zero-order chi connectivity index (χ0) is 18.4. The molecule has 3 aromatic rings. The molecule has 0 saturated carbocycles. The largest absolute Gasteiger partial charge is 0.496 e. The van der Waals surface area contributed by atoms with E-state index in [1.807, 2.05) is 85.8 Å². The fourth-order valence-corrected chi connectivity index (χ4v) is 3.10. The van der Waals surface area contributed by atoms with Crippen LogP contribution in [0.2, 0.25) is 0 Å². The van der Waals surface area contributed by atoms with Gasteiger partial charge >= 0.3 is 0 Å². The lowest BCUT2D eigenvalue weighted by Crippen LogP contribution is -2.30. The van der Waals surface area contributed by atoms with E-state index in [-0.39, 0.29) is 11.9 Å². The highest BCUT2D eigenvalue weighted by atomic mass is 16.5. The van der Waals surface area contributed by atoms with Gasteiger partial charge in [-0.3, -0.25) is 4.79 Å². The molecule has 0 saturated heterocycles. The number of hydrogen-bond donors (Lipinski definition) is 1. The molecule has 132 valence electrons. The van der Waals surface area contributed by atoms with Gasteiger partial charge in [-0.2, -0.15) is 0 Å². The molecular weight excluding hydrogens is 322 g/mol. The predicted octanol–water partition coefficient (Wildman–Crippen LogP) is 4.45. The number of aryl methyl sites for hydroxylation is 1. The van der Waals surface area contributed by atoms with Gasteiger partial charge in [0.25, 0.3) is 0 Å². The summed E-state index contributed by atoms with van der Waals surface area (Å²) in [6.07, 6.45) is 0.334. The molecule has 3 nitrogen and oxygen atoms in total. The average molecular weight is 345 g/mol. The highest BCUT2D eigenvalue weighted by molar-refractivity contribution is 5.79. The molecule has 0 bridgehead atoms. The lowest BCUT2D eigenvalue weighted by molar-refractivity contribution is -0.120. The second kappa shape index (κ2) is 8.34. The molecule has 0 atom stereocenters. The molecule has 3 rings (SSSR count). The molecule has 1 amide bonds. The molecule has 0 radical (unpaired) electrons. The molecule has 0 heterocycles. The SMILES string of the molecule is COc1ccc(CC(=O)NC(c2ccccc2)c2ccccc2)cc1C. The maximum atomic E-state index is 12.7. The van der Waals surface area contributed by atoms with Crippen molar-refractivity contribution in [1.82, 2.24) is 5.32 Å². The Morgan fingerprint density at radius 1 is 0.923 bits per heavy atom. The summed E-state index contributed by atoms with van der Waals surface area (Å²) in [5, 5.41) is 3.18. The maximum Gasteiger partial charge on any atom is 0.225 e. The van der Waals surface area contributed by atoms with E-state index in [1.54, 1.807) is 7.11 Å². The highest BCUT2D eigenvalue weighted by Crippen LogP contribution is 2.23. The van der Waals surface area contributed by atoms with Crippen molar-refractivity contribution < 1.29 is 9.53 Å². The molecule has 26 heavy (non-hydrogen) atoms. The summed E-state index contributed by atoms with van der Waals surface area (Å²) in [7, 11) is 1.65. The number of nitrogens with one attached hydrogen (secondary N) is 1.